The lowest BCUT2D eigenvalue weighted by molar-refractivity contribution is -0.149. The van der Waals surface area contributed by atoms with Crippen molar-refractivity contribution in [1.29, 1.82) is 0 Å². The summed E-state index contributed by atoms with van der Waals surface area (Å²) >= 11 is 5.90. The summed E-state index contributed by atoms with van der Waals surface area (Å²) in [7, 11) is 1.52. The maximum absolute atomic E-state index is 14.4. The highest BCUT2D eigenvalue weighted by Crippen LogP contribution is 2.36. The van der Waals surface area contributed by atoms with E-state index in [4.69, 9.17) is 21.1 Å². The number of aliphatic hydroxyl groups is 1. The molecule has 0 radical (unpaired) electrons. The Morgan fingerprint density at radius 1 is 1.32 bits per heavy atom. The molecular weight excluding hydrogens is 463 g/mol. The minimum absolute atomic E-state index is 0.00391. The first-order chi connectivity index (χ1) is 16.2. The molecule has 2 aromatic carbocycles. The molecule has 2 N–H and O–H groups in total. The molecule has 1 fully saturated rings. The highest BCUT2D eigenvalue weighted by atomic mass is 35.5. The molecule has 1 aliphatic heterocycles. The largest absolute Gasteiger partial charge is 0.493 e. The summed E-state index contributed by atoms with van der Waals surface area (Å²) in [6.45, 7) is 3.76. The number of halogens is 2. The monoisotopic (exact) mass is 488 g/mol. The Balaban J connectivity index is 1.62. The van der Waals surface area contributed by atoms with Crippen molar-refractivity contribution in [3.05, 3.63) is 47.5 Å². The lowest BCUT2D eigenvalue weighted by Gasteiger charge is -2.30. The van der Waals surface area contributed by atoms with E-state index in [9.17, 15) is 14.3 Å². The highest BCUT2D eigenvalue weighted by molar-refractivity contribution is 6.31. The van der Waals surface area contributed by atoms with Crippen LogP contribution in [-0.4, -0.2) is 57.8 Å². The van der Waals surface area contributed by atoms with E-state index in [1.54, 1.807) is 29.2 Å². The van der Waals surface area contributed by atoms with E-state index >= 15 is 0 Å². The number of ether oxygens (including phenoxy) is 2. The van der Waals surface area contributed by atoms with Crippen molar-refractivity contribution in [2.45, 2.75) is 38.3 Å². The van der Waals surface area contributed by atoms with E-state index in [0.29, 0.717) is 34.8 Å². The van der Waals surface area contributed by atoms with Crippen molar-refractivity contribution in [3.8, 4) is 11.5 Å². The molecule has 34 heavy (non-hydrogen) atoms. The van der Waals surface area contributed by atoms with Crippen LogP contribution in [-0.2, 0) is 4.79 Å². The summed E-state index contributed by atoms with van der Waals surface area (Å²) in [5.74, 6) is 0.357. The van der Waals surface area contributed by atoms with Crippen LogP contribution in [0.1, 0.15) is 26.7 Å². The van der Waals surface area contributed by atoms with Gasteiger partial charge in [0.15, 0.2) is 17.3 Å². The number of anilines is 2. The SMILES string of the molecule is COc1cc2ncnc(Nc3cccc(Cl)c3F)c2cc1OCC1CCCN1C(=O)C(C)(C)O. The summed E-state index contributed by atoms with van der Waals surface area (Å²) in [6, 6.07) is 7.91. The molecule has 1 amide bonds. The van der Waals surface area contributed by atoms with Crippen LogP contribution in [0.2, 0.25) is 5.02 Å². The molecule has 1 atom stereocenters. The van der Waals surface area contributed by atoms with Crippen molar-refractivity contribution < 1.29 is 23.8 Å². The molecule has 0 bridgehead atoms. The summed E-state index contributed by atoms with van der Waals surface area (Å²) in [6.07, 6.45) is 2.96. The van der Waals surface area contributed by atoms with E-state index in [2.05, 4.69) is 15.3 Å². The van der Waals surface area contributed by atoms with Gasteiger partial charge in [-0.05, 0) is 44.9 Å². The molecule has 3 aromatic rings. The molecule has 0 saturated carbocycles. The number of nitrogens with one attached hydrogen (secondary N) is 1. The molecular formula is C24H26ClFN4O4. The second-order valence-electron chi connectivity index (χ2n) is 8.63. The Hall–Kier alpha value is -3.17. The van der Waals surface area contributed by atoms with Gasteiger partial charge in [0.25, 0.3) is 5.91 Å². The van der Waals surface area contributed by atoms with Crippen molar-refractivity contribution in [2.24, 2.45) is 0 Å². The molecule has 2 heterocycles. The second-order valence-corrected chi connectivity index (χ2v) is 9.04. The predicted molar refractivity (Wildman–Crippen MR) is 127 cm³/mol. The molecule has 0 spiro atoms. The number of fused-ring (bicyclic) bond motifs is 1. The number of hydrogen-bond donors (Lipinski definition) is 2. The zero-order chi connectivity index (χ0) is 24.5. The van der Waals surface area contributed by atoms with E-state index in [0.717, 1.165) is 12.8 Å². The van der Waals surface area contributed by atoms with E-state index in [-0.39, 0.29) is 29.3 Å². The topological polar surface area (TPSA) is 96.8 Å². The van der Waals surface area contributed by atoms with Gasteiger partial charge in [-0.3, -0.25) is 4.79 Å². The number of rotatable bonds is 7. The van der Waals surface area contributed by atoms with Crippen molar-refractivity contribution >= 4 is 39.9 Å². The van der Waals surface area contributed by atoms with Crippen molar-refractivity contribution in [1.82, 2.24) is 14.9 Å². The Bertz CT molecular complexity index is 1220. The molecule has 1 unspecified atom stereocenters. The van der Waals surface area contributed by atoms with Crippen LogP contribution in [0.4, 0.5) is 15.9 Å². The maximum Gasteiger partial charge on any atom is 0.254 e. The third-order valence-electron chi connectivity index (χ3n) is 5.72. The molecule has 10 heteroatoms. The van der Waals surface area contributed by atoms with E-state index in [1.807, 2.05) is 0 Å². The number of nitrogens with zero attached hydrogens (tertiary/aromatic N) is 3. The number of benzene rings is 2. The minimum Gasteiger partial charge on any atom is -0.493 e. The smallest absolute Gasteiger partial charge is 0.254 e. The zero-order valence-corrected chi connectivity index (χ0v) is 19.9. The number of carbonyl (C=O) groups excluding carboxylic acids is 1. The van der Waals surface area contributed by atoms with Gasteiger partial charge in [-0.2, -0.15) is 0 Å². The standard InChI is InChI=1S/C24H26ClFN4O4/c1-24(2,32)23(31)30-9-5-6-14(30)12-34-20-10-15-18(11-19(20)33-3)27-13-28-22(15)29-17-8-4-7-16(25)21(17)26/h4,7-8,10-11,13-14,32H,5-6,9,12H2,1-3H3,(H,27,28,29). The van der Waals surface area contributed by atoms with Crippen molar-refractivity contribution in [2.75, 3.05) is 25.6 Å². The van der Waals surface area contributed by atoms with Gasteiger partial charge < -0.3 is 24.8 Å². The average Bonchev–Trinajstić information content (AvgIpc) is 3.27. The van der Waals surface area contributed by atoms with Gasteiger partial charge >= 0.3 is 0 Å². The van der Waals surface area contributed by atoms with Gasteiger partial charge in [0.1, 0.15) is 24.4 Å². The summed E-state index contributed by atoms with van der Waals surface area (Å²) in [4.78, 5) is 22.8. The Labute approximate surface area is 201 Å². The second kappa shape index (κ2) is 9.60. The van der Waals surface area contributed by atoms with E-state index < -0.39 is 11.4 Å². The summed E-state index contributed by atoms with van der Waals surface area (Å²) in [5, 5.41) is 13.7. The molecule has 0 aliphatic carbocycles. The maximum atomic E-state index is 14.4. The number of hydrogen-bond acceptors (Lipinski definition) is 7. The first-order valence-electron chi connectivity index (χ1n) is 10.9. The van der Waals surface area contributed by atoms with Crippen LogP contribution in [0, 0.1) is 5.82 Å². The number of likely N-dealkylation sites (tertiary alicyclic amines) is 1. The lowest BCUT2D eigenvalue weighted by atomic mass is 10.1. The fourth-order valence-electron chi connectivity index (χ4n) is 3.98. The molecule has 180 valence electrons. The lowest BCUT2D eigenvalue weighted by Crippen LogP contribution is -2.48. The average molecular weight is 489 g/mol. The first kappa shape index (κ1) is 24.0. The quantitative estimate of drug-likeness (QED) is 0.511. The third kappa shape index (κ3) is 4.85. The van der Waals surface area contributed by atoms with E-state index in [1.165, 1.54) is 33.4 Å². The van der Waals surface area contributed by atoms with Crippen LogP contribution in [0.25, 0.3) is 10.9 Å². The van der Waals surface area contributed by atoms with Gasteiger partial charge in [0, 0.05) is 18.0 Å². The summed E-state index contributed by atoms with van der Waals surface area (Å²) in [5.41, 5.74) is -0.696. The molecule has 1 saturated heterocycles. The summed E-state index contributed by atoms with van der Waals surface area (Å²) < 4.78 is 26.0. The molecule has 8 nitrogen and oxygen atoms in total. The zero-order valence-electron chi connectivity index (χ0n) is 19.1. The number of methoxy groups -OCH3 is 1. The number of carbonyl (C=O) groups is 1. The number of amides is 1. The fourth-order valence-corrected chi connectivity index (χ4v) is 4.15. The van der Waals surface area contributed by atoms with Crippen LogP contribution < -0.4 is 14.8 Å². The first-order valence-corrected chi connectivity index (χ1v) is 11.3. The van der Waals surface area contributed by atoms with Crippen LogP contribution in [0.15, 0.2) is 36.7 Å². The van der Waals surface area contributed by atoms with Gasteiger partial charge in [-0.15, -0.1) is 0 Å². The van der Waals surface area contributed by atoms with Gasteiger partial charge in [-0.1, -0.05) is 17.7 Å². The molecule has 1 aromatic heterocycles. The Kier molecular flexibility index (Phi) is 6.77. The van der Waals surface area contributed by atoms with Gasteiger partial charge in [0.05, 0.1) is 29.4 Å². The van der Waals surface area contributed by atoms with Crippen LogP contribution in [0.5, 0.6) is 11.5 Å². The third-order valence-corrected chi connectivity index (χ3v) is 6.01. The Morgan fingerprint density at radius 3 is 2.85 bits per heavy atom. The normalized spacial score (nSPS) is 16.1. The number of aromatic nitrogens is 2. The Morgan fingerprint density at radius 2 is 2.12 bits per heavy atom. The van der Waals surface area contributed by atoms with Gasteiger partial charge in [-0.25, -0.2) is 14.4 Å². The van der Waals surface area contributed by atoms with Crippen molar-refractivity contribution in [3.63, 3.8) is 0 Å². The minimum atomic E-state index is -1.45. The molecule has 4 rings (SSSR count). The van der Waals surface area contributed by atoms with Gasteiger partial charge in [0.2, 0.25) is 0 Å². The van der Waals surface area contributed by atoms with Crippen LogP contribution in [0.3, 0.4) is 0 Å². The predicted octanol–water partition coefficient (Wildman–Crippen LogP) is 4.32. The molecule has 1 aliphatic rings. The highest BCUT2D eigenvalue weighted by Gasteiger charge is 2.36. The van der Waals surface area contributed by atoms with Crippen LogP contribution >= 0.6 is 11.6 Å². The fraction of sp³-hybridized carbons (Fsp3) is 0.375.